The second kappa shape index (κ2) is 5.94. The Kier molecular flexibility index (Phi) is 4.08. The predicted molar refractivity (Wildman–Crippen MR) is 81.7 cm³/mol. The largest absolute Gasteiger partial charge is 0.383 e. The van der Waals surface area contributed by atoms with Crippen LogP contribution in [-0.4, -0.2) is 37.5 Å². The number of hydrogen-bond donors (Lipinski definition) is 2. The summed E-state index contributed by atoms with van der Waals surface area (Å²) in [5.74, 6) is -5.32. The van der Waals surface area contributed by atoms with E-state index >= 15 is 0 Å². The third-order valence-electron chi connectivity index (χ3n) is 4.37. The maximum absolute atomic E-state index is 14.1. The van der Waals surface area contributed by atoms with Gasteiger partial charge in [0.25, 0.3) is 5.91 Å². The summed E-state index contributed by atoms with van der Waals surface area (Å²) in [6.07, 6.45) is 1.90. The van der Waals surface area contributed by atoms with Crippen molar-refractivity contribution in [3.05, 3.63) is 42.2 Å². The minimum atomic E-state index is -3.82. The molecule has 8 heteroatoms. The summed E-state index contributed by atoms with van der Waals surface area (Å²) in [6.45, 7) is 1.54. The molecule has 1 aromatic carbocycles. The van der Waals surface area contributed by atoms with Crippen LogP contribution in [0.3, 0.4) is 0 Å². The lowest BCUT2D eigenvalue weighted by Crippen LogP contribution is -2.60. The summed E-state index contributed by atoms with van der Waals surface area (Å²) in [4.78, 5) is 11.9. The van der Waals surface area contributed by atoms with Gasteiger partial charge in [-0.3, -0.25) is 4.79 Å². The van der Waals surface area contributed by atoms with Crippen molar-refractivity contribution in [2.75, 3.05) is 0 Å². The minimum Gasteiger partial charge on any atom is -0.383 e. The first-order chi connectivity index (χ1) is 11.3. The SMILES string of the molecule is CC(NC(=O)C(F)(F)C1(O)CCC1)c1cn(-c2ccccc2)nn1. The van der Waals surface area contributed by atoms with Gasteiger partial charge in [-0.05, 0) is 38.3 Å². The fraction of sp³-hybridized carbons (Fsp3) is 0.438. The number of nitrogens with one attached hydrogen (secondary N) is 1. The van der Waals surface area contributed by atoms with Gasteiger partial charge in [-0.1, -0.05) is 23.4 Å². The number of aromatic nitrogens is 3. The van der Waals surface area contributed by atoms with E-state index < -0.39 is 23.5 Å². The van der Waals surface area contributed by atoms with Crippen LogP contribution in [0.5, 0.6) is 0 Å². The van der Waals surface area contributed by atoms with Gasteiger partial charge < -0.3 is 10.4 Å². The number of carbonyl (C=O) groups is 1. The molecule has 2 N–H and O–H groups in total. The molecule has 0 aliphatic heterocycles. The van der Waals surface area contributed by atoms with Gasteiger partial charge in [-0.25, -0.2) is 4.68 Å². The summed E-state index contributed by atoms with van der Waals surface area (Å²) in [6, 6.07) is 8.41. The smallest absolute Gasteiger partial charge is 0.352 e. The first-order valence-corrected chi connectivity index (χ1v) is 7.72. The number of carbonyl (C=O) groups excluding carboxylic acids is 1. The number of hydrogen-bond acceptors (Lipinski definition) is 4. The van der Waals surface area contributed by atoms with E-state index in [0.717, 1.165) is 5.69 Å². The maximum Gasteiger partial charge on any atom is 0.352 e. The van der Waals surface area contributed by atoms with Crippen LogP contribution in [0.4, 0.5) is 8.78 Å². The molecule has 1 aromatic heterocycles. The molecule has 6 nitrogen and oxygen atoms in total. The van der Waals surface area contributed by atoms with Crippen molar-refractivity contribution >= 4 is 5.91 Å². The Labute approximate surface area is 137 Å². The molecule has 3 rings (SSSR count). The molecule has 24 heavy (non-hydrogen) atoms. The third kappa shape index (κ3) is 2.77. The van der Waals surface area contributed by atoms with E-state index in [9.17, 15) is 18.7 Å². The quantitative estimate of drug-likeness (QED) is 0.875. The Bertz CT molecular complexity index is 729. The fourth-order valence-electron chi connectivity index (χ4n) is 2.58. The summed E-state index contributed by atoms with van der Waals surface area (Å²) in [5, 5.41) is 19.9. The van der Waals surface area contributed by atoms with Crippen molar-refractivity contribution in [1.29, 1.82) is 0 Å². The Morgan fingerprint density at radius 2 is 2.04 bits per heavy atom. The number of rotatable bonds is 5. The number of aliphatic hydroxyl groups is 1. The molecule has 1 heterocycles. The number of benzene rings is 1. The number of para-hydroxylation sites is 1. The molecule has 1 fully saturated rings. The molecule has 1 saturated carbocycles. The molecule has 2 aromatic rings. The third-order valence-corrected chi connectivity index (χ3v) is 4.37. The highest BCUT2D eigenvalue weighted by atomic mass is 19.3. The van der Waals surface area contributed by atoms with Crippen LogP contribution in [0, 0.1) is 0 Å². The van der Waals surface area contributed by atoms with E-state index in [4.69, 9.17) is 0 Å². The van der Waals surface area contributed by atoms with Crippen LogP contribution in [0.15, 0.2) is 36.5 Å². The number of amides is 1. The molecular weight excluding hydrogens is 318 g/mol. The van der Waals surface area contributed by atoms with Crippen molar-refractivity contribution < 1.29 is 18.7 Å². The van der Waals surface area contributed by atoms with Gasteiger partial charge in [0.1, 0.15) is 11.3 Å². The standard InChI is InChI=1S/C16H18F2N4O2/c1-11(19-14(23)16(17,18)15(24)8-5-9-15)13-10-22(21-20-13)12-6-3-2-4-7-12/h2-4,6-7,10-11,24H,5,8-9H2,1H3,(H,19,23). The van der Waals surface area contributed by atoms with Gasteiger partial charge in [-0.15, -0.1) is 5.10 Å². The molecule has 0 spiro atoms. The Hall–Kier alpha value is -2.35. The molecule has 128 valence electrons. The van der Waals surface area contributed by atoms with Crippen LogP contribution in [0.2, 0.25) is 0 Å². The fourth-order valence-corrected chi connectivity index (χ4v) is 2.58. The van der Waals surface area contributed by atoms with Gasteiger partial charge in [0.2, 0.25) is 0 Å². The molecule has 1 amide bonds. The van der Waals surface area contributed by atoms with Crippen molar-refractivity contribution in [3.8, 4) is 5.69 Å². The lowest BCUT2D eigenvalue weighted by molar-refractivity contribution is -0.216. The van der Waals surface area contributed by atoms with Crippen molar-refractivity contribution in [2.45, 2.75) is 43.8 Å². The summed E-state index contributed by atoms with van der Waals surface area (Å²) >= 11 is 0. The first-order valence-electron chi connectivity index (χ1n) is 7.72. The maximum atomic E-state index is 14.1. The molecule has 0 bridgehead atoms. The predicted octanol–water partition coefficient (Wildman–Crippen LogP) is 1.99. The van der Waals surface area contributed by atoms with Crippen LogP contribution in [-0.2, 0) is 4.79 Å². The van der Waals surface area contributed by atoms with Gasteiger partial charge >= 0.3 is 5.92 Å². The average molecular weight is 336 g/mol. The average Bonchev–Trinajstić information content (AvgIpc) is 3.03. The zero-order chi connectivity index (χ0) is 17.4. The van der Waals surface area contributed by atoms with Crippen LogP contribution >= 0.6 is 0 Å². The molecule has 1 aliphatic rings. The molecule has 1 aliphatic carbocycles. The summed E-state index contributed by atoms with van der Waals surface area (Å²) < 4.78 is 29.7. The van der Waals surface area contributed by atoms with Crippen molar-refractivity contribution in [2.24, 2.45) is 0 Å². The zero-order valence-electron chi connectivity index (χ0n) is 13.1. The second-order valence-corrected chi connectivity index (χ2v) is 6.08. The van der Waals surface area contributed by atoms with Gasteiger partial charge in [0.05, 0.1) is 17.9 Å². The van der Waals surface area contributed by atoms with E-state index in [1.807, 2.05) is 30.3 Å². The van der Waals surface area contributed by atoms with Crippen LogP contribution in [0.1, 0.15) is 37.9 Å². The van der Waals surface area contributed by atoms with E-state index in [2.05, 4.69) is 15.6 Å². The summed E-state index contributed by atoms with van der Waals surface area (Å²) in [5.41, 5.74) is -1.12. The normalized spacial score (nSPS) is 17.8. The minimum absolute atomic E-state index is 0.0774. The zero-order valence-corrected chi connectivity index (χ0v) is 13.1. The van der Waals surface area contributed by atoms with E-state index in [0.29, 0.717) is 12.1 Å². The molecule has 0 saturated heterocycles. The molecule has 0 radical (unpaired) electrons. The Morgan fingerprint density at radius 3 is 2.62 bits per heavy atom. The number of nitrogens with zero attached hydrogens (tertiary/aromatic N) is 3. The molecule has 1 atom stereocenters. The van der Waals surface area contributed by atoms with Crippen LogP contribution < -0.4 is 5.32 Å². The Morgan fingerprint density at radius 1 is 1.38 bits per heavy atom. The molecule has 1 unspecified atom stereocenters. The second-order valence-electron chi connectivity index (χ2n) is 6.08. The lowest BCUT2D eigenvalue weighted by atomic mass is 9.75. The van der Waals surface area contributed by atoms with Crippen molar-refractivity contribution in [1.82, 2.24) is 20.3 Å². The molecular formula is C16H18F2N4O2. The topological polar surface area (TPSA) is 80.0 Å². The first kappa shape index (κ1) is 16.5. The van der Waals surface area contributed by atoms with Crippen molar-refractivity contribution in [3.63, 3.8) is 0 Å². The van der Waals surface area contributed by atoms with Gasteiger partial charge in [-0.2, -0.15) is 8.78 Å². The van der Waals surface area contributed by atoms with Crippen LogP contribution in [0.25, 0.3) is 5.69 Å². The number of alkyl halides is 2. The van der Waals surface area contributed by atoms with E-state index in [1.165, 1.54) is 11.6 Å². The highest BCUT2D eigenvalue weighted by Gasteiger charge is 2.61. The monoisotopic (exact) mass is 336 g/mol. The summed E-state index contributed by atoms with van der Waals surface area (Å²) in [7, 11) is 0. The van der Waals surface area contributed by atoms with Gasteiger partial charge in [0, 0.05) is 0 Å². The lowest BCUT2D eigenvalue weighted by Gasteiger charge is -2.41. The van der Waals surface area contributed by atoms with Gasteiger partial charge in [0.15, 0.2) is 0 Å². The Balaban J connectivity index is 1.70. The highest BCUT2D eigenvalue weighted by molar-refractivity contribution is 5.85. The number of halogens is 2. The highest BCUT2D eigenvalue weighted by Crippen LogP contribution is 2.44. The van der Waals surface area contributed by atoms with E-state index in [-0.39, 0.29) is 12.8 Å². The van der Waals surface area contributed by atoms with E-state index in [1.54, 1.807) is 6.20 Å².